The molecule has 0 bridgehead atoms. The highest BCUT2D eigenvalue weighted by atomic mass is 14.8. The Morgan fingerprint density at radius 3 is 1.40 bits per heavy atom. The van der Waals surface area contributed by atoms with Crippen LogP contribution in [0.25, 0.3) is 109 Å². The fourth-order valence-corrected chi connectivity index (χ4v) is 8.32. The standard InChI is InChI=1S/C46H26N2/c1-6-27-14-16-29-8-3-12-37-39(24-32(10-1)42(27)44(29)37)31-18-19-36-34(22-31)23-35(26-41(36)46-47-20-5-21-48-46)40-25-33-11-2-7-28-15-17-30-9-4-13-38(40)45(30)43(28)33/h1-26H. The predicted molar refractivity (Wildman–Crippen MR) is 203 cm³/mol. The Morgan fingerprint density at radius 1 is 0.292 bits per heavy atom. The number of hydrogen-bond acceptors (Lipinski definition) is 2. The number of nitrogens with zero attached hydrogens (tertiary/aromatic N) is 2. The molecule has 11 rings (SSSR count). The molecule has 0 saturated carbocycles. The third-order valence-corrected chi connectivity index (χ3v) is 10.4. The van der Waals surface area contributed by atoms with E-state index in [-0.39, 0.29) is 0 Å². The molecule has 0 unspecified atom stereocenters. The van der Waals surface area contributed by atoms with Crippen LogP contribution in [-0.2, 0) is 0 Å². The Morgan fingerprint density at radius 2 is 0.792 bits per heavy atom. The Balaban J connectivity index is 1.22. The largest absolute Gasteiger partial charge is 0.237 e. The predicted octanol–water partition coefficient (Wildman–Crippen LogP) is 12.4. The zero-order valence-corrected chi connectivity index (χ0v) is 25.9. The Bertz CT molecular complexity index is 3040. The zero-order chi connectivity index (χ0) is 31.3. The SMILES string of the molecule is c1cnc(-c2cc(-c3cc4cccc5ccc6cccc3c6c54)cc3cc(-c4cc5cccc6ccc7cccc4c7c65)ccc23)nc1. The number of benzene rings is 10. The van der Waals surface area contributed by atoms with Crippen LogP contribution in [0.4, 0.5) is 0 Å². The van der Waals surface area contributed by atoms with Crippen molar-refractivity contribution in [2.24, 2.45) is 0 Å². The van der Waals surface area contributed by atoms with E-state index in [1.807, 2.05) is 18.5 Å². The number of rotatable bonds is 3. The van der Waals surface area contributed by atoms with Gasteiger partial charge in [0.05, 0.1) is 0 Å². The Hall–Kier alpha value is -6.38. The normalized spacial score (nSPS) is 12.2. The number of hydrogen-bond donors (Lipinski definition) is 0. The van der Waals surface area contributed by atoms with Crippen LogP contribution in [0.15, 0.2) is 158 Å². The molecule has 1 aromatic heterocycles. The summed E-state index contributed by atoms with van der Waals surface area (Å²) in [5, 5.41) is 17.8. The van der Waals surface area contributed by atoms with Crippen molar-refractivity contribution in [1.82, 2.24) is 9.97 Å². The third-order valence-electron chi connectivity index (χ3n) is 10.4. The lowest BCUT2D eigenvalue weighted by Gasteiger charge is -2.17. The first-order valence-electron chi connectivity index (χ1n) is 16.5. The molecule has 48 heavy (non-hydrogen) atoms. The smallest absolute Gasteiger partial charge is 0.159 e. The summed E-state index contributed by atoms with van der Waals surface area (Å²) in [6.07, 6.45) is 3.66. The van der Waals surface area contributed by atoms with Crippen molar-refractivity contribution in [2.45, 2.75) is 0 Å². The van der Waals surface area contributed by atoms with Gasteiger partial charge in [-0.2, -0.15) is 0 Å². The van der Waals surface area contributed by atoms with Crippen LogP contribution in [0, 0.1) is 0 Å². The molecule has 0 spiro atoms. The maximum Gasteiger partial charge on any atom is 0.159 e. The van der Waals surface area contributed by atoms with Crippen LogP contribution >= 0.6 is 0 Å². The molecule has 0 aliphatic heterocycles. The highest BCUT2D eigenvalue weighted by molar-refractivity contribution is 6.28. The van der Waals surface area contributed by atoms with Crippen LogP contribution in [0.3, 0.4) is 0 Å². The molecular weight excluding hydrogens is 581 g/mol. The van der Waals surface area contributed by atoms with Crippen LogP contribution in [0.1, 0.15) is 0 Å². The fourth-order valence-electron chi connectivity index (χ4n) is 8.32. The fraction of sp³-hybridized carbons (Fsp3) is 0. The molecule has 0 atom stereocenters. The molecule has 10 aromatic carbocycles. The van der Waals surface area contributed by atoms with Gasteiger partial charge in [0.25, 0.3) is 0 Å². The van der Waals surface area contributed by atoms with Crippen LogP contribution in [0.5, 0.6) is 0 Å². The van der Waals surface area contributed by atoms with Gasteiger partial charge in [-0.1, -0.05) is 109 Å². The topological polar surface area (TPSA) is 25.8 Å². The lowest BCUT2D eigenvalue weighted by molar-refractivity contribution is 1.18. The van der Waals surface area contributed by atoms with Gasteiger partial charge in [-0.25, -0.2) is 9.97 Å². The van der Waals surface area contributed by atoms with Crippen LogP contribution in [0.2, 0.25) is 0 Å². The molecule has 0 amide bonds. The molecule has 1 heterocycles. The van der Waals surface area contributed by atoms with Gasteiger partial charge in [0.15, 0.2) is 5.82 Å². The minimum absolute atomic E-state index is 0.733. The van der Waals surface area contributed by atoms with Crippen molar-refractivity contribution in [1.29, 1.82) is 0 Å². The molecule has 0 radical (unpaired) electrons. The summed E-state index contributed by atoms with van der Waals surface area (Å²) in [6.45, 7) is 0. The van der Waals surface area contributed by atoms with E-state index >= 15 is 0 Å². The van der Waals surface area contributed by atoms with E-state index in [1.54, 1.807) is 0 Å². The van der Waals surface area contributed by atoms with Crippen LogP contribution in [-0.4, -0.2) is 9.97 Å². The first kappa shape index (κ1) is 25.8. The summed E-state index contributed by atoms with van der Waals surface area (Å²) in [5.74, 6) is 0.733. The van der Waals surface area contributed by atoms with Crippen molar-refractivity contribution in [3.05, 3.63) is 158 Å². The summed E-state index contributed by atoms with van der Waals surface area (Å²) in [7, 11) is 0. The third kappa shape index (κ3) is 3.57. The molecule has 220 valence electrons. The molecule has 2 heteroatoms. The Kier molecular flexibility index (Phi) is 5.14. The van der Waals surface area contributed by atoms with Crippen molar-refractivity contribution in [3.8, 4) is 33.6 Å². The average molecular weight is 607 g/mol. The molecule has 0 aliphatic rings. The second kappa shape index (κ2) is 9.57. The number of fused-ring (bicyclic) bond motifs is 1. The van der Waals surface area contributed by atoms with Gasteiger partial charge in [0.2, 0.25) is 0 Å². The van der Waals surface area contributed by atoms with E-state index in [4.69, 9.17) is 9.97 Å². The van der Waals surface area contributed by atoms with Gasteiger partial charge in [0, 0.05) is 18.0 Å². The van der Waals surface area contributed by atoms with E-state index < -0.39 is 0 Å². The highest BCUT2D eigenvalue weighted by Gasteiger charge is 2.18. The first-order chi connectivity index (χ1) is 23.8. The molecular formula is C46H26N2. The van der Waals surface area contributed by atoms with E-state index in [9.17, 15) is 0 Å². The monoisotopic (exact) mass is 606 g/mol. The lowest BCUT2D eigenvalue weighted by Crippen LogP contribution is -1.93. The minimum Gasteiger partial charge on any atom is -0.237 e. The molecule has 0 fully saturated rings. The maximum atomic E-state index is 4.73. The Labute approximate surface area is 276 Å². The zero-order valence-electron chi connectivity index (χ0n) is 25.9. The van der Waals surface area contributed by atoms with E-state index in [0.717, 1.165) is 22.3 Å². The van der Waals surface area contributed by atoms with Gasteiger partial charge in [-0.15, -0.1) is 0 Å². The van der Waals surface area contributed by atoms with Gasteiger partial charge >= 0.3 is 0 Å². The quantitative estimate of drug-likeness (QED) is 0.187. The highest BCUT2D eigenvalue weighted by Crippen LogP contribution is 2.44. The average Bonchev–Trinajstić information content (AvgIpc) is 3.15. The van der Waals surface area contributed by atoms with Gasteiger partial charge in [0.1, 0.15) is 0 Å². The summed E-state index contributed by atoms with van der Waals surface area (Å²) in [6, 6.07) is 53.8. The van der Waals surface area contributed by atoms with E-state index in [1.165, 1.54) is 86.7 Å². The summed E-state index contributed by atoms with van der Waals surface area (Å²) < 4.78 is 0. The molecule has 2 nitrogen and oxygen atoms in total. The van der Waals surface area contributed by atoms with Crippen molar-refractivity contribution in [3.63, 3.8) is 0 Å². The molecule has 11 aromatic rings. The van der Waals surface area contributed by atoms with Crippen molar-refractivity contribution < 1.29 is 0 Å². The minimum atomic E-state index is 0.733. The summed E-state index contributed by atoms with van der Waals surface area (Å²) in [4.78, 5) is 9.47. The number of aromatic nitrogens is 2. The van der Waals surface area contributed by atoms with Crippen LogP contribution < -0.4 is 0 Å². The second-order valence-corrected chi connectivity index (χ2v) is 13.0. The summed E-state index contributed by atoms with van der Waals surface area (Å²) in [5.41, 5.74) is 5.87. The van der Waals surface area contributed by atoms with Crippen molar-refractivity contribution in [2.75, 3.05) is 0 Å². The van der Waals surface area contributed by atoms with Gasteiger partial charge in [-0.3, -0.25) is 0 Å². The summed E-state index contributed by atoms with van der Waals surface area (Å²) >= 11 is 0. The molecule has 0 aliphatic carbocycles. The first-order valence-corrected chi connectivity index (χ1v) is 16.5. The van der Waals surface area contributed by atoms with Gasteiger partial charge < -0.3 is 0 Å². The molecule has 0 saturated heterocycles. The van der Waals surface area contributed by atoms with E-state index in [0.29, 0.717) is 0 Å². The van der Waals surface area contributed by atoms with Crippen molar-refractivity contribution >= 4 is 75.4 Å². The van der Waals surface area contributed by atoms with E-state index in [2.05, 4.69) is 140 Å². The van der Waals surface area contributed by atoms with Gasteiger partial charge in [-0.05, 0) is 134 Å². The maximum absolute atomic E-state index is 4.73. The lowest BCUT2D eigenvalue weighted by atomic mass is 9.86. The second-order valence-electron chi connectivity index (χ2n) is 13.0. The molecule has 0 N–H and O–H groups in total.